The third kappa shape index (κ3) is 3.22. The zero-order valence-corrected chi connectivity index (χ0v) is 12.0. The molecule has 2 heterocycles. The van der Waals surface area contributed by atoms with Crippen LogP contribution in [0.15, 0.2) is 18.5 Å². The summed E-state index contributed by atoms with van der Waals surface area (Å²) in [7, 11) is 0. The molecule has 2 rings (SSSR count). The first-order valence-corrected chi connectivity index (χ1v) is 7.13. The molecule has 1 aromatic heterocycles. The highest BCUT2D eigenvalue weighted by atomic mass is 35.5. The van der Waals surface area contributed by atoms with Crippen molar-refractivity contribution in [3.05, 3.63) is 29.0 Å². The molecule has 3 nitrogen and oxygen atoms in total. The molecule has 0 amide bonds. The number of hydrogen-bond donors (Lipinski definition) is 1. The van der Waals surface area contributed by atoms with Gasteiger partial charge in [-0.15, -0.1) is 0 Å². The number of hydrogen-bond acceptors (Lipinski definition) is 3. The lowest BCUT2D eigenvalue weighted by molar-refractivity contribution is 0.109. The molecule has 0 bridgehead atoms. The Bertz CT molecular complexity index is 383. The van der Waals surface area contributed by atoms with E-state index in [1.807, 2.05) is 12.3 Å². The van der Waals surface area contributed by atoms with Gasteiger partial charge in [-0.2, -0.15) is 0 Å². The molecule has 1 saturated heterocycles. The molecular weight excluding hydrogens is 246 g/mol. The van der Waals surface area contributed by atoms with Gasteiger partial charge in [0.05, 0.1) is 5.02 Å². The third-order valence-electron chi connectivity index (χ3n) is 3.93. The Morgan fingerprint density at radius 2 is 2.44 bits per heavy atom. The van der Waals surface area contributed by atoms with E-state index in [4.69, 9.17) is 11.6 Å². The summed E-state index contributed by atoms with van der Waals surface area (Å²) < 4.78 is 0. The molecule has 1 aliphatic rings. The molecule has 0 spiro atoms. The molecule has 1 fully saturated rings. The molecule has 1 N–H and O–H groups in total. The van der Waals surface area contributed by atoms with E-state index in [2.05, 4.69) is 29.0 Å². The average Bonchev–Trinajstić information content (AvgIpc) is 2.41. The number of nitrogens with one attached hydrogen (secondary N) is 1. The number of nitrogens with zero attached hydrogens (tertiary/aromatic N) is 2. The maximum atomic E-state index is 6.20. The van der Waals surface area contributed by atoms with Crippen molar-refractivity contribution in [3.8, 4) is 0 Å². The van der Waals surface area contributed by atoms with Crippen LogP contribution in [-0.4, -0.2) is 35.6 Å². The van der Waals surface area contributed by atoms with E-state index in [-0.39, 0.29) is 0 Å². The van der Waals surface area contributed by atoms with Crippen molar-refractivity contribution in [1.29, 1.82) is 0 Å². The Balaban J connectivity index is 2.08. The van der Waals surface area contributed by atoms with Crippen molar-refractivity contribution < 1.29 is 0 Å². The summed E-state index contributed by atoms with van der Waals surface area (Å²) in [6, 6.07) is 2.63. The Hall–Kier alpha value is -0.640. The molecular formula is C14H22ClN3. The minimum Gasteiger partial charge on any atom is -0.314 e. The van der Waals surface area contributed by atoms with E-state index in [0.29, 0.717) is 12.0 Å². The van der Waals surface area contributed by atoms with Gasteiger partial charge in [-0.05, 0) is 17.5 Å². The number of piperazine rings is 1. The SMILES string of the molecule is CCC(C)C1CNCCN1Cc1ccncc1Cl. The summed E-state index contributed by atoms with van der Waals surface area (Å²) in [6.45, 7) is 8.76. The molecule has 18 heavy (non-hydrogen) atoms. The standard InChI is InChI=1S/C14H22ClN3/c1-3-11(2)14-9-17-6-7-18(14)10-12-4-5-16-8-13(12)15/h4-5,8,11,14,17H,3,6-7,9-10H2,1-2H3. The molecule has 0 radical (unpaired) electrons. The van der Waals surface area contributed by atoms with Crippen molar-refractivity contribution >= 4 is 11.6 Å². The zero-order chi connectivity index (χ0) is 13.0. The maximum absolute atomic E-state index is 6.20. The molecule has 0 aromatic carbocycles. The highest BCUT2D eigenvalue weighted by Crippen LogP contribution is 2.22. The zero-order valence-electron chi connectivity index (χ0n) is 11.2. The minimum absolute atomic E-state index is 0.605. The molecule has 100 valence electrons. The van der Waals surface area contributed by atoms with Gasteiger partial charge in [0.2, 0.25) is 0 Å². The Morgan fingerprint density at radius 1 is 1.61 bits per heavy atom. The van der Waals surface area contributed by atoms with Crippen LogP contribution in [0.4, 0.5) is 0 Å². The molecule has 2 atom stereocenters. The second-order valence-corrected chi connectivity index (χ2v) is 5.50. The van der Waals surface area contributed by atoms with Gasteiger partial charge in [-0.1, -0.05) is 31.9 Å². The molecule has 0 saturated carbocycles. The van der Waals surface area contributed by atoms with Crippen LogP contribution >= 0.6 is 11.6 Å². The van der Waals surface area contributed by atoms with Crippen molar-refractivity contribution in [1.82, 2.24) is 15.2 Å². The van der Waals surface area contributed by atoms with E-state index in [0.717, 1.165) is 31.2 Å². The summed E-state index contributed by atoms with van der Waals surface area (Å²) in [5, 5.41) is 4.27. The van der Waals surface area contributed by atoms with E-state index < -0.39 is 0 Å². The van der Waals surface area contributed by atoms with Crippen LogP contribution in [0.25, 0.3) is 0 Å². The van der Waals surface area contributed by atoms with Crippen LogP contribution < -0.4 is 5.32 Å². The number of rotatable bonds is 4. The fourth-order valence-corrected chi connectivity index (χ4v) is 2.73. The van der Waals surface area contributed by atoms with Crippen LogP contribution in [0.5, 0.6) is 0 Å². The van der Waals surface area contributed by atoms with Crippen molar-refractivity contribution in [2.24, 2.45) is 5.92 Å². The molecule has 4 heteroatoms. The second-order valence-electron chi connectivity index (χ2n) is 5.09. The van der Waals surface area contributed by atoms with Crippen LogP contribution in [0.3, 0.4) is 0 Å². The minimum atomic E-state index is 0.605. The summed E-state index contributed by atoms with van der Waals surface area (Å²) in [5.74, 6) is 0.707. The maximum Gasteiger partial charge on any atom is 0.0634 e. The lowest BCUT2D eigenvalue weighted by atomic mass is 9.95. The third-order valence-corrected chi connectivity index (χ3v) is 4.27. The fourth-order valence-electron chi connectivity index (χ4n) is 2.55. The van der Waals surface area contributed by atoms with Gasteiger partial charge in [-0.3, -0.25) is 9.88 Å². The smallest absolute Gasteiger partial charge is 0.0634 e. The van der Waals surface area contributed by atoms with Crippen LogP contribution in [0.1, 0.15) is 25.8 Å². The first-order valence-electron chi connectivity index (χ1n) is 6.75. The molecule has 1 aliphatic heterocycles. The molecule has 0 aliphatic carbocycles. The second kappa shape index (κ2) is 6.50. The first-order chi connectivity index (χ1) is 8.72. The largest absolute Gasteiger partial charge is 0.314 e. The summed E-state index contributed by atoms with van der Waals surface area (Å²) in [4.78, 5) is 6.59. The van der Waals surface area contributed by atoms with E-state index in [1.165, 1.54) is 12.0 Å². The Labute approximate surface area is 115 Å². The monoisotopic (exact) mass is 267 g/mol. The van der Waals surface area contributed by atoms with Crippen LogP contribution in [0, 0.1) is 5.92 Å². The van der Waals surface area contributed by atoms with Gasteiger partial charge in [0, 0.05) is 44.6 Å². The predicted octanol–water partition coefficient (Wildman–Crippen LogP) is 2.55. The van der Waals surface area contributed by atoms with Crippen LogP contribution in [-0.2, 0) is 6.54 Å². The average molecular weight is 268 g/mol. The Kier molecular flexibility index (Phi) is 4.98. The molecule has 1 aromatic rings. The van der Waals surface area contributed by atoms with Crippen LogP contribution in [0.2, 0.25) is 5.02 Å². The van der Waals surface area contributed by atoms with Gasteiger partial charge < -0.3 is 5.32 Å². The quantitative estimate of drug-likeness (QED) is 0.909. The molecule has 2 unspecified atom stereocenters. The lowest BCUT2D eigenvalue weighted by Crippen LogP contribution is -2.53. The number of halogens is 1. The van der Waals surface area contributed by atoms with Crippen molar-refractivity contribution in [2.75, 3.05) is 19.6 Å². The summed E-state index contributed by atoms with van der Waals surface area (Å²) in [6.07, 6.45) is 4.77. The van der Waals surface area contributed by atoms with Gasteiger partial charge >= 0.3 is 0 Å². The first kappa shape index (κ1) is 13.8. The van der Waals surface area contributed by atoms with Gasteiger partial charge in [-0.25, -0.2) is 0 Å². The lowest BCUT2D eigenvalue weighted by Gasteiger charge is -2.39. The highest BCUT2D eigenvalue weighted by Gasteiger charge is 2.26. The number of aromatic nitrogens is 1. The van der Waals surface area contributed by atoms with Crippen molar-refractivity contribution in [2.45, 2.75) is 32.9 Å². The predicted molar refractivity (Wildman–Crippen MR) is 75.8 cm³/mol. The van der Waals surface area contributed by atoms with Gasteiger partial charge in [0.15, 0.2) is 0 Å². The van der Waals surface area contributed by atoms with Gasteiger partial charge in [0.25, 0.3) is 0 Å². The number of pyridine rings is 1. The van der Waals surface area contributed by atoms with E-state index in [9.17, 15) is 0 Å². The Morgan fingerprint density at radius 3 is 3.17 bits per heavy atom. The fraction of sp³-hybridized carbons (Fsp3) is 0.643. The summed E-state index contributed by atoms with van der Waals surface area (Å²) >= 11 is 6.20. The normalized spacial score (nSPS) is 22.9. The summed E-state index contributed by atoms with van der Waals surface area (Å²) in [5.41, 5.74) is 1.18. The van der Waals surface area contributed by atoms with Crippen molar-refractivity contribution in [3.63, 3.8) is 0 Å². The topological polar surface area (TPSA) is 28.2 Å². The van der Waals surface area contributed by atoms with Gasteiger partial charge in [0.1, 0.15) is 0 Å². The highest BCUT2D eigenvalue weighted by molar-refractivity contribution is 6.31. The van der Waals surface area contributed by atoms with E-state index in [1.54, 1.807) is 6.20 Å². The van der Waals surface area contributed by atoms with E-state index >= 15 is 0 Å².